The summed E-state index contributed by atoms with van der Waals surface area (Å²) in [7, 11) is 0. The van der Waals surface area contributed by atoms with Crippen molar-refractivity contribution in [2.24, 2.45) is 0 Å². The summed E-state index contributed by atoms with van der Waals surface area (Å²) in [6.07, 6.45) is 0. The average Bonchev–Trinajstić information content (AvgIpc) is 2.73. The lowest BCUT2D eigenvalue weighted by Crippen LogP contribution is -2.10. The molecule has 0 amide bonds. The van der Waals surface area contributed by atoms with E-state index < -0.39 is 0 Å². The van der Waals surface area contributed by atoms with Crippen LogP contribution in [0.25, 0.3) is 33.9 Å². The van der Waals surface area contributed by atoms with E-state index >= 15 is 0 Å². The first-order valence-electron chi connectivity index (χ1n) is 9.71. The second-order valence-electron chi connectivity index (χ2n) is 8.17. The topological polar surface area (TPSA) is 25.8 Å². The van der Waals surface area contributed by atoms with Crippen LogP contribution in [0.1, 0.15) is 26.3 Å². The van der Waals surface area contributed by atoms with Crippen LogP contribution < -0.4 is 0 Å². The molecular formula is C26H23BrN2. The van der Waals surface area contributed by atoms with Gasteiger partial charge in [0.05, 0.1) is 11.4 Å². The van der Waals surface area contributed by atoms with Gasteiger partial charge in [-0.25, -0.2) is 9.97 Å². The molecule has 0 spiro atoms. The van der Waals surface area contributed by atoms with Crippen LogP contribution >= 0.6 is 15.9 Å². The molecule has 3 heteroatoms. The molecule has 29 heavy (non-hydrogen) atoms. The fourth-order valence-corrected chi connectivity index (χ4v) is 3.65. The molecule has 2 nitrogen and oxygen atoms in total. The summed E-state index contributed by atoms with van der Waals surface area (Å²) in [6.45, 7) is 6.68. The van der Waals surface area contributed by atoms with Gasteiger partial charge < -0.3 is 0 Å². The molecule has 0 saturated carbocycles. The van der Waals surface area contributed by atoms with Gasteiger partial charge in [-0.3, -0.25) is 0 Å². The molecule has 4 aromatic rings. The third kappa shape index (κ3) is 4.46. The largest absolute Gasteiger partial charge is 0.228 e. The maximum atomic E-state index is 4.90. The van der Waals surface area contributed by atoms with E-state index in [-0.39, 0.29) is 5.41 Å². The molecule has 0 unspecified atom stereocenters. The van der Waals surface area contributed by atoms with Crippen LogP contribution in [0.4, 0.5) is 0 Å². The fraction of sp³-hybridized carbons (Fsp3) is 0.154. The standard InChI is InChI=1S/C26H23BrN2/c1-26(2,3)21-14-12-19(13-15-21)24-17-23(18-8-5-4-6-9-18)28-25(29-24)20-10-7-11-22(27)16-20/h4-17H,1-3H3. The molecule has 0 aliphatic rings. The second-order valence-corrected chi connectivity index (χ2v) is 9.08. The van der Waals surface area contributed by atoms with Gasteiger partial charge in [0, 0.05) is 21.2 Å². The van der Waals surface area contributed by atoms with Gasteiger partial charge in [-0.1, -0.05) is 103 Å². The highest BCUT2D eigenvalue weighted by atomic mass is 79.9. The molecule has 0 aliphatic carbocycles. The molecule has 0 radical (unpaired) electrons. The first-order chi connectivity index (χ1) is 13.9. The minimum Gasteiger partial charge on any atom is -0.228 e. The first kappa shape index (κ1) is 19.5. The van der Waals surface area contributed by atoms with E-state index in [1.807, 2.05) is 36.4 Å². The Kier molecular flexibility index (Phi) is 5.33. The summed E-state index contributed by atoms with van der Waals surface area (Å²) < 4.78 is 1.01. The number of hydrogen-bond acceptors (Lipinski definition) is 2. The van der Waals surface area contributed by atoms with Crippen molar-refractivity contribution in [2.45, 2.75) is 26.2 Å². The summed E-state index contributed by atoms with van der Waals surface area (Å²) in [4.78, 5) is 9.77. The van der Waals surface area contributed by atoms with Crippen LogP contribution in [-0.2, 0) is 5.41 Å². The smallest absolute Gasteiger partial charge is 0.160 e. The molecule has 0 fully saturated rings. The molecule has 0 bridgehead atoms. The molecule has 3 aromatic carbocycles. The van der Waals surface area contributed by atoms with Crippen LogP contribution in [0, 0.1) is 0 Å². The highest BCUT2D eigenvalue weighted by molar-refractivity contribution is 9.10. The van der Waals surface area contributed by atoms with E-state index in [2.05, 4.69) is 85.2 Å². The maximum absolute atomic E-state index is 4.90. The van der Waals surface area contributed by atoms with Crippen LogP contribution in [0.5, 0.6) is 0 Å². The number of hydrogen-bond donors (Lipinski definition) is 0. The van der Waals surface area contributed by atoms with Crippen molar-refractivity contribution in [2.75, 3.05) is 0 Å². The van der Waals surface area contributed by atoms with E-state index in [1.54, 1.807) is 0 Å². The number of halogens is 1. The van der Waals surface area contributed by atoms with Gasteiger partial charge in [0.2, 0.25) is 0 Å². The van der Waals surface area contributed by atoms with Gasteiger partial charge in [0.15, 0.2) is 5.82 Å². The number of rotatable bonds is 3. The summed E-state index contributed by atoms with van der Waals surface area (Å²) in [5.74, 6) is 0.725. The lowest BCUT2D eigenvalue weighted by molar-refractivity contribution is 0.590. The van der Waals surface area contributed by atoms with E-state index in [1.165, 1.54) is 5.56 Å². The number of aromatic nitrogens is 2. The molecule has 1 aromatic heterocycles. The van der Waals surface area contributed by atoms with Crippen LogP contribution in [0.3, 0.4) is 0 Å². The molecule has 0 atom stereocenters. The molecule has 144 valence electrons. The predicted molar refractivity (Wildman–Crippen MR) is 125 cm³/mol. The van der Waals surface area contributed by atoms with E-state index in [4.69, 9.17) is 9.97 Å². The Balaban J connectivity index is 1.86. The third-order valence-electron chi connectivity index (χ3n) is 4.93. The Bertz CT molecular complexity index is 1130. The zero-order chi connectivity index (χ0) is 20.4. The Labute approximate surface area is 180 Å². The predicted octanol–water partition coefficient (Wildman–Crippen LogP) is 7.54. The van der Waals surface area contributed by atoms with E-state index in [0.717, 1.165) is 38.4 Å². The van der Waals surface area contributed by atoms with E-state index in [0.29, 0.717) is 0 Å². The quantitative estimate of drug-likeness (QED) is 0.327. The third-order valence-corrected chi connectivity index (χ3v) is 5.42. The lowest BCUT2D eigenvalue weighted by atomic mass is 9.86. The molecule has 0 saturated heterocycles. The van der Waals surface area contributed by atoms with Gasteiger partial charge in [0.1, 0.15) is 0 Å². The molecule has 1 heterocycles. The summed E-state index contributed by atoms with van der Waals surface area (Å²) in [6, 6.07) is 29.1. The highest BCUT2D eigenvalue weighted by Crippen LogP contribution is 2.30. The fourth-order valence-electron chi connectivity index (χ4n) is 3.25. The van der Waals surface area contributed by atoms with Gasteiger partial charge >= 0.3 is 0 Å². The zero-order valence-electron chi connectivity index (χ0n) is 16.9. The molecular weight excluding hydrogens is 420 g/mol. The number of benzene rings is 3. The van der Waals surface area contributed by atoms with Gasteiger partial charge in [0.25, 0.3) is 0 Å². The van der Waals surface area contributed by atoms with Crippen molar-refractivity contribution in [3.8, 4) is 33.9 Å². The molecule has 4 rings (SSSR count). The highest BCUT2D eigenvalue weighted by Gasteiger charge is 2.15. The Morgan fingerprint density at radius 3 is 1.79 bits per heavy atom. The van der Waals surface area contributed by atoms with Gasteiger partial charge in [-0.2, -0.15) is 0 Å². The van der Waals surface area contributed by atoms with Crippen molar-refractivity contribution < 1.29 is 0 Å². The summed E-state index contributed by atoms with van der Waals surface area (Å²) in [5, 5.41) is 0. The average molecular weight is 443 g/mol. The first-order valence-corrected chi connectivity index (χ1v) is 10.5. The van der Waals surface area contributed by atoms with Crippen LogP contribution in [0.15, 0.2) is 89.4 Å². The van der Waals surface area contributed by atoms with Crippen LogP contribution in [-0.4, -0.2) is 9.97 Å². The normalized spacial score (nSPS) is 11.4. The second kappa shape index (κ2) is 7.92. The molecule has 0 N–H and O–H groups in total. The minimum absolute atomic E-state index is 0.126. The maximum Gasteiger partial charge on any atom is 0.160 e. The Morgan fingerprint density at radius 2 is 1.21 bits per heavy atom. The van der Waals surface area contributed by atoms with Gasteiger partial charge in [-0.15, -0.1) is 0 Å². The molecule has 0 aliphatic heterocycles. The minimum atomic E-state index is 0.126. The van der Waals surface area contributed by atoms with Crippen molar-refractivity contribution >= 4 is 15.9 Å². The van der Waals surface area contributed by atoms with E-state index in [9.17, 15) is 0 Å². The monoisotopic (exact) mass is 442 g/mol. The Morgan fingerprint density at radius 1 is 0.621 bits per heavy atom. The SMILES string of the molecule is CC(C)(C)c1ccc(-c2cc(-c3ccccc3)nc(-c3cccc(Br)c3)n2)cc1. The van der Waals surface area contributed by atoms with Gasteiger partial charge in [-0.05, 0) is 29.2 Å². The van der Waals surface area contributed by atoms with Crippen molar-refractivity contribution in [1.82, 2.24) is 9.97 Å². The summed E-state index contributed by atoms with van der Waals surface area (Å²) >= 11 is 3.56. The lowest BCUT2D eigenvalue weighted by Gasteiger charge is -2.19. The number of nitrogens with zero attached hydrogens (tertiary/aromatic N) is 2. The Hall–Kier alpha value is -2.78. The van der Waals surface area contributed by atoms with Crippen molar-refractivity contribution in [3.63, 3.8) is 0 Å². The van der Waals surface area contributed by atoms with Crippen molar-refractivity contribution in [3.05, 3.63) is 95.0 Å². The van der Waals surface area contributed by atoms with Crippen molar-refractivity contribution in [1.29, 1.82) is 0 Å². The zero-order valence-corrected chi connectivity index (χ0v) is 18.4. The summed E-state index contributed by atoms with van der Waals surface area (Å²) in [5.41, 5.74) is 6.45. The van der Waals surface area contributed by atoms with Crippen LogP contribution in [0.2, 0.25) is 0 Å².